The Morgan fingerprint density at radius 2 is 2.06 bits per heavy atom. The van der Waals surface area contributed by atoms with Crippen LogP contribution in [0.15, 0.2) is 18.2 Å². The summed E-state index contributed by atoms with van der Waals surface area (Å²) in [5, 5.41) is 3.58. The van der Waals surface area contributed by atoms with Crippen molar-refractivity contribution in [1.29, 1.82) is 0 Å². The molecule has 0 unspecified atom stereocenters. The average Bonchev–Trinajstić information content (AvgIpc) is 2.31. The van der Waals surface area contributed by atoms with Crippen LogP contribution in [0.3, 0.4) is 0 Å². The first-order valence-electron chi connectivity index (χ1n) is 5.47. The number of rotatable bonds is 4. The number of hydrogen-bond acceptors (Lipinski definition) is 2. The fraction of sp³-hybridized carbons (Fsp3) is 0.417. The predicted octanol–water partition coefficient (Wildman–Crippen LogP) is 3.31. The number of amides is 1. The van der Waals surface area contributed by atoms with E-state index in [1.165, 1.54) is 0 Å². The summed E-state index contributed by atoms with van der Waals surface area (Å²) in [7, 11) is 0. The predicted molar refractivity (Wildman–Crippen MR) is 72.5 cm³/mol. The fourth-order valence-corrected chi connectivity index (χ4v) is 1.61. The van der Waals surface area contributed by atoms with E-state index in [9.17, 15) is 4.79 Å². The summed E-state index contributed by atoms with van der Waals surface area (Å²) >= 11 is 11.6. The molecule has 1 rings (SSSR count). The number of anilines is 1. The number of nitrogens with one attached hydrogen (secondary N) is 1. The quantitative estimate of drug-likeness (QED) is 0.885. The number of nitrogens with two attached hydrogens (primary N) is 1. The van der Waals surface area contributed by atoms with Crippen LogP contribution < -0.4 is 11.1 Å². The van der Waals surface area contributed by atoms with Gasteiger partial charge in [0.05, 0.1) is 16.1 Å². The van der Waals surface area contributed by atoms with E-state index in [-0.39, 0.29) is 11.8 Å². The number of carbonyl (C=O) groups excluding carboxylic acids is 1. The molecule has 3 N–H and O–H groups in total. The van der Waals surface area contributed by atoms with Crippen molar-refractivity contribution in [2.75, 3.05) is 5.32 Å². The van der Waals surface area contributed by atoms with Gasteiger partial charge < -0.3 is 11.1 Å². The van der Waals surface area contributed by atoms with Crippen LogP contribution in [0.2, 0.25) is 10.0 Å². The van der Waals surface area contributed by atoms with Crippen molar-refractivity contribution >= 4 is 34.8 Å². The number of carbonyl (C=O) groups is 1. The summed E-state index contributed by atoms with van der Waals surface area (Å²) in [4.78, 5) is 11.8. The Morgan fingerprint density at radius 1 is 1.41 bits per heavy atom. The third-order valence-electron chi connectivity index (χ3n) is 2.75. The first-order chi connectivity index (χ1) is 7.95. The number of halogens is 2. The number of benzene rings is 1. The van der Waals surface area contributed by atoms with Crippen molar-refractivity contribution in [2.24, 2.45) is 11.7 Å². The smallest absolute Gasteiger partial charge is 0.241 e. The minimum absolute atomic E-state index is 0.137. The van der Waals surface area contributed by atoms with Crippen molar-refractivity contribution in [3.8, 4) is 0 Å². The van der Waals surface area contributed by atoms with Gasteiger partial charge in [-0.2, -0.15) is 0 Å². The molecule has 1 aromatic carbocycles. The maximum absolute atomic E-state index is 11.8. The maximum Gasteiger partial charge on any atom is 0.241 e. The fourth-order valence-electron chi connectivity index (χ4n) is 1.31. The zero-order valence-corrected chi connectivity index (χ0v) is 11.3. The van der Waals surface area contributed by atoms with Crippen LogP contribution in [0.5, 0.6) is 0 Å². The molecule has 1 aromatic rings. The van der Waals surface area contributed by atoms with Gasteiger partial charge in [-0.3, -0.25) is 4.79 Å². The Bertz CT molecular complexity index is 409. The zero-order chi connectivity index (χ0) is 13.0. The molecule has 1 amide bonds. The molecule has 0 fully saturated rings. The molecule has 17 heavy (non-hydrogen) atoms. The molecule has 3 nitrogen and oxygen atoms in total. The lowest BCUT2D eigenvalue weighted by molar-refractivity contribution is -0.118. The molecule has 0 bridgehead atoms. The first-order valence-corrected chi connectivity index (χ1v) is 6.22. The third kappa shape index (κ3) is 3.87. The van der Waals surface area contributed by atoms with E-state index < -0.39 is 6.04 Å². The zero-order valence-electron chi connectivity index (χ0n) is 9.84. The van der Waals surface area contributed by atoms with Crippen LogP contribution in [0.25, 0.3) is 0 Å². The molecule has 0 aliphatic carbocycles. The average molecular weight is 275 g/mol. The van der Waals surface area contributed by atoms with Crippen LogP contribution in [0, 0.1) is 5.92 Å². The molecule has 0 heterocycles. The highest BCUT2D eigenvalue weighted by Crippen LogP contribution is 2.25. The lowest BCUT2D eigenvalue weighted by Crippen LogP contribution is -2.40. The van der Waals surface area contributed by atoms with E-state index in [1.54, 1.807) is 18.2 Å². The molecular weight excluding hydrogens is 259 g/mol. The molecule has 0 aromatic heterocycles. The molecule has 0 spiro atoms. The van der Waals surface area contributed by atoms with Crippen LogP contribution in [0.1, 0.15) is 20.3 Å². The summed E-state index contributed by atoms with van der Waals surface area (Å²) in [6.07, 6.45) is 0.857. The Labute approximate surface area is 111 Å². The van der Waals surface area contributed by atoms with Gasteiger partial charge in [0.1, 0.15) is 0 Å². The van der Waals surface area contributed by atoms with Gasteiger partial charge in [-0.05, 0) is 24.1 Å². The molecule has 5 heteroatoms. The van der Waals surface area contributed by atoms with Crippen LogP contribution in [0.4, 0.5) is 5.69 Å². The van der Waals surface area contributed by atoms with Gasteiger partial charge in [0.15, 0.2) is 0 Å². The largest absolute Gasteiger partial charge is 0.325 e. The van der Waals surface area contributed by atoms with E-state index >= 15 is 0 Å². The first kappa shape index (κ1) is 14.3. The lowest BCUT2D eigenvalue weighted by atomic mass is 9.99. The van der Waals surface area contributed by atoms with Gasteiger partial charge in [0.2, 0.25) is 5.91 Å². The number of hydrogen-bond donors (Lipinski definition) is 2. The van der Waals surface area contributed by atoms with E-state index in [2.05, 4.69) is 5.32 Å². The Kier molecular flexibility index (Phi) is 5.25. The second-order valence-corrected chi connectivity index (χ2v) is 4.84. The molecular formula is C12H16Cl2N2O. The third-order valence-corrected chi connectivity index (χ3v) is 3.49. The van der Waals surface area contributed by atoms with E-state index in [1.807, 2.05) is 13.8 Å². The molecule has 0 aliphatic rings. The Hall–Kier alpha value is -0.770. The summed E-state index contributed by atoms with van der Waals surface area (Å²) in [6, 6.07) is 4.41. The highest BCUT2D eigenvalue weighted by molar-refractivity contribution is 6.42. The molecule has 0 saturated carbocycles. The monoisotopic (exact) mass is 274 g/mol. The summed E-state index contributed by atoms with van der Waals surface area (Å²) in [5.74, 6) is -0.0736. The van der Waals surface area contributed by atoms with E-state index in [0.717, 1.165) is 6.42 Å². The van der Waals surface area contributed by atoms with Crippen molar-refractivity contribution in [1.82, 2.24) is 0 Å². The molecule has 2 atom stereocenters. The van der Waals surface area contributed by atoms with Crippen molar-refractivity contribution in [2.45, 2.75) is 26.3 Å². The topological polar surface area (TPSA) is 55.1 Å². The SMILES string of the molecule is CC[C@H](C)[C@H](N)C(=O)Nc1ccc(Cl)c(Cl)c1. The molecule has 0 saturated heterocycles. The second kappa shape index (κ2) is 6.24. The molecule has 94 valence electrons. The van der Waals surface area contributed by atoms with Crippen LogP contribution in [-0.4, -0.2) is 11.9 Å². The summed E-state index contributed by atoms with van der Waals surface area (Å²) in [5.41, 5.74) is 6.42. The normalized spacial score (nSPS) is 14.2. The van der Waals surface area contributed by atoms with Gasteiger partial charge in [0, 0.05) is 5.69 Å². The summed E-state index contributed by atoms with van der Waals surface area (Å²) in [6.45, 7) is 3.94. The van der Waals surface area contributed by atoms with E-state index in [0.29, 0.717) is 15.7 Å². The Morgan fingerprint density at radius 3 is 2.59 bits per heavy atom. The minimum Gasteiger partial charge on any atom is -0.325 e. The Balaban J connectivity index is 2.71. The molecule has 0 radical (unpaired) electrons. The van der Waals surface area contributed by atoms with E-state index in [4.69, 9.17) is 28.9 Å². The maximum atomic E-state index is 11.8. The van der Waals surface area contributed by atoms with Crippen LogP contribution in [-0.2, 0) is 4.79 Å². The lowest BCUT2D eigenvalue weighted by Gasteiger charge is -2.17. The standard InChI is InChI=1S/C12H16Cl2N2O/c1-3-7(2)11(15)12(17)16-8-4-5-9(13)10(14)6-8/h4-7,11H,3,15H2,1-2H3,(H,16,17)/t7-,11-/m0/s1. The van der Waals surface area contributed by atoms with Gasteiger partial charge in [0.25, 0.3) is 0 Å². The minimum atomic E-state index is -0.519. The molecule has 0 aliphatic heterocycles. The summed E-state index contributed by atoms with van der Waals surface area (Å²) < 4.78 is 0. The highest BCUT2D eigenvalue weighted by atomic mass is 35.5. The van der Waals surface area contributed by atoms with Crippen LogP contribution >= 0.6 is 23.2 Å². The van der Waals surface area contributed by atoms with Crippen molar-refractivity contribution < 1.29 is 4.79 Å². The van der Waals surface area contributed by atoms with Gasteiger partial charge >= 0.3 is 0 Å². The van der Waals surface area contributed by atoms with Crippen molar-refractivity contribution in [3.05, 3.63) is 28.2 Å². The van der Waals surface area contributed by atoms with Crippen molar-refractivity contribution in [3.63, 3.8) is 0 Å². The van der Waals surface area contributed by atoms with Gasteiger partial charge in [-0.1, -0.05) is 43.5 Å². The van der Waals surface area contributed by atoms with Gasteiger partial charge in [-0.15, -0.1) is 0 Å². The highest BCUT2D eigenvalue weighted by Gasteiger charge is 2.19. The van der Waals surface area contributed by atoms with Gasteiger partial charge in [-0.25, -0.2) is 0 Å². The second-order valence-electron chi connectivity index (χ2n) is 4.03.